The van der Waals surface area contributed by atoms with Crippen molar-refractivity contribution < 1.29 is 4.79 Å². The van der Waals surface area contributed by atoms with Crippen LogP contribution in [0.3, 0.4) is 0 Å². The number of nitrogens with one attached hydrogen (secondary N) is 1. The van der Waals surface area contributed by atoms with Crippen molar-refractivity contribution in [2.45, 2.75) is 51.2 Å². The summed E-state index contributed by atoms with van der Waals surface area (Å²) in [5, 5.41) is 17.1. The van der Waals surface area contributed by atoms with Gasteiger partial charge in [-0.2, -0.15) is 5.10 Å². The number of nitrogens with zero attached hydrogens (tertiary/aromatic N) is 6. The predicted octanol–water partition coefficient (Wildman–Crippen LogP) is 3.37. The molecule has 1 aliphatic rings. The van der Waals surface area contributed by atoms with Gasteiger partial charge in [-0.05, 0) is 57.7 Å². The SMILES string of the molecule is Cc1cc(C)n(CCCNC(=O)CSc2nnc(N3CCCCC3)n2-c2ccccc2)n1. The molecule has 1 saturated heterocycles. The molecule has 1 aliphatic heterocycles. The Hall–Kier alpha value is -2.81. The average molecular weight is 454 g/mol. The maximum atomic E-state index is 12.4. The third kappa shape index (κ3) is 5.51. The van der Waals surface area contributed by atoms with Crippen molar-refractivity contribution in [3.05, 3.63) is 47.8 Å². The van der Waals surface area contributed by atoms with E-state index in [0.29, 0.717) is 12.3 Å². The second kappa shape index (κ2) is 10.7. The van der Waals surface area contributed by atoms with Crippen molar-refractivity contribution in [2.24, 2.45) is 0 Å². The number of anilines is 1. The van der Waals surface area contributed by atoms with Crippen LogP contribution in [0.2, 0.25) is 0 Å². The number of hydrogen-bond acceptors (Lipinski definition) is 6. The van der Waals surface area contributed by atoms with Gasteiger partial charge in [0.05, 0.1) is 17.1 Å². The summed E-state index contributed by atoms with van der Waals surface area (Å²) >= 11 is 1.43. The molecule has 8 nitrogen and oxygen atoms in total. The zero-order valence-corrected chi connectivity index (χ0v) is 19.6. The van der Waals surface area contributed by atoms with Gasteiger partial charge in [-0.25, -0.2) is 0 Å². The molecule has 170 valence electrons. The fourth-order valence-electron chi connectivity index (χ4n) is 4.00. The predicted molar refractivity (Wildman–Crippen MR) is 127 cm³/mol. The molecule has 0 bridgehead atoms. The van der Waals surface area contributed by atoms with E-state index < -0.39 is 0 Å². The smallest absolute Gasteiger partial charge is 0.232 e. The first-order chi connectivity index (χ1) is 15.6. The molecular formula is C23H31N7OS. The minimum atomic E-state index is 0.00509. The van der Waals surface area contributed by atoms with Gasteiger partial charge >= 0.3 is 0 Å². The lowest BCUT2D eigenvalue weighted by atomic mass is 10.1. The van der Waals surface area contributed by atoms with E-state index in [1.54, 1.807) is 0 Å². The summed E-state index contributed by atoms with van der Waals surface area (Å²) < 4.78 is 4.06. The van der Waals surface area contributed by atoms with Crippen LogP contribution >= 0.6 is 11.8 Å². The number of hydrogen-bond donors (Lipinski definition) is 1. The third-order valence-corrected chi connectivity index (χ3v) is 6.50. The maximum absolute atomic E-state index is 12.4. The van der Waals surface area contributed by atoms with Crippen LogP contribution < -0.4 is 10.2 Å². The van der Waals surface area contributed by atoms with E-state index in [1.165, 1.54) is 31.0 Å². The van der Waals surface area contributed by atoms with Gasteiger partial charge in [0, 0.05) is 31.9 Å². The summed E-state index contributed by atoms with van der Waals surface area (Å²) in [6.07, 6.45) is 4.45. The minimum absolute atomic E-state index is 0.00509. The Morgan fingerprint density at radius 1 is 1.09 bits per heavy atom. The van der Waals surface area contributed by atoms with Gasteiger partial charge < -0.3 is 10.2 Å². The largest absolute Gasteiger partial charge is 0.355 e. The van der Waals surface area contributed by atoms with Gasteiger partial charge in [0.1, 0.15) is 0 Å². The number of aromatic nitrogens is 5. The number of carbonyl (C=O) groups excluding carboxylic acids is 1. The Kier molecular flexibility index (Phi) is 7.47. The number of rotatable bonds is 9. The van der Waals surface area contributed by atoms with Crippen LogP contribution in [0.15, 0.2) is 41.6 Å². The quantitative estimate of drug-likeness (QED) is 0.395. The normalized spacial score (nSPS) is 14.0. The molecule has 1 N–H and O–H groups in total. The lowest BCUT2D eigenvalue weighted by molar-refractivity contribution is -0.118. The molecular weight excluding hydrogens is 422 g/mol. The van der Waals surface area contributed by atoms with E-state index in [9.17, 15) is 4.79 Å². The molecule has 2 aromatic heterocycles. The number of amides is 1. The van der Waals surface area contributed by atoms with Gasteiger partial charge in [0.15, 0.2) is 5.16 Å². The van der Waals surface area contributed by atoms with Crippen molar-refractivity contribution in [2.75, 3.05) is 30.3 Å². The van der Waals surface area contributed by atoms with Crippen molar-refractivity contribution in [3.63, 3.8) is 0 Å². The highest BCUT2D eigenvalue weighted by Crippen LogP contribution is 2.28. The highest BCUT2D eigenvalue weighted by molar-refractivity contribution is 7.99. The molecule has 32 heavy (non-hydrogen) atoms. The van der Waals surface area contributed by atoms with Crippen molar-refractivity contribution in [3.8, 4) is 5.69 Å². The lowest BCUT2D eigenvalue weighted by Crippen LogP contribution is -2.31. The van der Waals surface area contributed by atoms with Gasteiger partial charge in [0.25, 0.3) is 0 Å². The van der Waals surface area contributed by atoms with Crippen LogP contribution in [0.5, 0.6) is 0 Å². The van der Waals surface area contributed by atoms with Crippen LogP contribution in [0.4, 0.5) is 5.95 Å². The Morgan fingerprint density at radius 3 is 2.59 bits per heavy atom. The molecule has 4 rings (SSSR count). The van der Waals surface area contributed by atoms with E-state index >= 15 is 0 Å². The maximum Gasteiger partial charge on any atom is 0.232 e. The van der Waals surface area contributed by atoms with Crippen molar-refractivity contribution in [1.82, 2.24) is 29.9 Å². The number of carbonyl (C=O) groups is 1. The summed E-state index contributed by atoms with van der Waals surface area (Å²) in [6, 6.07) is 12.2. The Bertz CT molecular complexity index is 1020. The molecule has 3 aromatic rings. The molecule has 0 atom stereocenters. The van der Waals surface area contributed by atoms with E-state index in [0.717, 1.165) is 54.2 Å². The number of aryl methyl sites for hydroxylation is 3. The Labute approximate surface area is 193 Å². The highest BCUT2D eigenvalue weighted by Gasteiger charge is 2.22. The van der Waals surface area contributed by atoms with Gasteiger partial charge in [-0.3, -0.25) is 14.0 Å². The number of thioether (sulfide) groups is 1. The number of para-hydroxylation sites is 1. The first-order valence-corrected chi connectivity index (χ1v) is 12.3. The van der Waals surface area contributed by atoms with Gasteiger partial charge in [0.2, 0.25) is 11.9 Å². The molecule has 0 spiro atoms. The summed E-state index contributed by atoms with van der Waals surface area (Å²) in [7, 11) is 0. The van der Waals surface area contributed by atoms with Crippen molar-refractivity contribution in [1.29, 1.82) is 0 Å². The zero-order valence-electron chi connectivity index (χ0n) is 18.8. The second-order valence-corrected chi connectivity index (χ2v) is 9.09. The van der Waals surface area contributed by atoms with Crippen LogP contribution in [-0.4, -0.2) is 55.8 Å². The summed E-state index contributed by atoms with van der Waals surface area (Å²) in [4.78, 5) is 14.7. The number of benzene rings is 1. The summed E-state index contributed by atoms with van der Waals surface area (Å²) in [6.45, 7) is 7.46. The summed E-state index contributed by atoms with van der Waals surface area (Å²) in [5.74, 6) is 1.18. The van der Waals surface area contributed by atoms with Crippen LogP contribution in [0.1, 0.15) is 37.1 Å². The summed E-state index contributed by atoms with van der Waals surface area (Å²) in [5.41, 5.74) is 3.19. The first kappa shape index (κ1) is 22.4. The molecule has 1 aromatic carbocycles. The topological polar surface area (TPSA) is 80.9 Å². The lowest BCUT2D eigenvalue weighted by Gasteiger charge is -2.27. The van der Waals surface area contributed by atoms with Gasteiger partial charge in [-0.1, -0.05) is 30.0 Å². The minimum Gasteiger partial charge on any atom is -0.355 e. The fourth-order valence-corrected chi connectivity index (χ4v) is 4.77. The third-order valence-electron chi connectivity index (χ3n) is 5.57. The first-order valence-electron chi connectivity index (χ1n) is 11.3. The van der Waals surface area contributed by atoms with E-state index in [4.69, 9.17) is 0 Å². The Morgan fingerprint density at radius 2 is 1.88 bits per heavy atom. The molecule has 1 fully saturated rings. The van der Waals surface area contributed by atoms with E-state index in [1.807, 2.05) is 29.8 Å². The Balaban J connectivity index is 1.34. The zero-order chi connectivity index (χ0) is 22.3. The van der Waals surface area contributed by atoms with E-state index in [-0.39, 0.29) is 5.91 Å². The monoisotopic (exact) mass is 453 g/mol. The standard InChI is InChI=1S/C23H31N7OS/c1-18-16-19(2)29(27-18)15-9-12-24-21(31)17-32-23-26-25-22(28-13-7-4-8-14-28)30(23)20-10-5-3-6-11-20/h3,5-6,10-11,16H,4,7-9,12-15,17H2,1-2H3,(H,24,31). The number of piperidine rings is 1. The van der Waals surface area contributed by atoms with Crippen LogP contribution in [0, 0.1) is 13.8 Å². The fraction of sp³-hybridized carbons (Fsp3) is 0.478. The van der Waals surface area contributed by atoms with Crippen LogP contribution in [0.25, 0.3) is 5.69 Å². The van der Waals surface area contributed by atoms with Crippen LogP contribution in [-0.2, 0) is 11.3 Å². The second-order valence-electron chi connectivity index (χ2n) is 8.14. The molecule has 0 saturated carbocycles. The molecule has 0 aliphatic carbocycles. The molecule has 9 heteroatoms. The van der Waals surface area contributed by atoms with Crippen molar-refractivity contribution >= 4 is 23.6 Å². The van der Waals surface area contributed by atoms with E-state index in [2.05, 4.69) is 55.2 Å². The van der Waals surface area contributed by atoms with Gasteiger partial charge in [-0.15, -0.1) is 10.2 Å². The average Bonchev–Trinajstić information content (AvgIpc) is 3.38. The molecule has 0 radical (unpaired) electrons. The molecule has 0 unspecified atom stereocenters. The highest BCUT2D eigenvalue weighted by atomic mass is 32.2. The molecule has 3 heterocycles. The molecule has 1 amide bonds.